The van der Waals surface area contributed by atoms with E-state index < -0.39 is 12.0 Å². The number of nitrogens with one attached hydrogen (secondary N) is 2. The molecule has 2 aliphatic rings. The third-order valence-corrected chi connectivity index (χ3v) is 3.15. The van der Waals surface area contributed by atoms with Gasteiger partial charge in [0.25, 0.3) is 0 Å². The summed E-state index contributed by atoms with van der Waals surface area (Å²) in [5, 5.41) is 15.4. The topological polar surface area (TPSA) is 78.4 Å². The van der Waals surface area contributed by atoms with Gasteiger partial charge in [-0.15, -0.1) is 0 Å². The van der Waals surface area contributed by atoms with Gasteiger partial charge in [0, 0.05) is 18.3 Å². The zero-order chi connectivity index (χ0) is 13.1. The molecule has 1 aliphatic heterocycles. The van der Waals surface area contributed by atoms with E-state index in [9.17, 15) is 4.79 Å². The Labute approximate surface area is 105 Å². The highest BCUT2D eigenvalue weighted by Gasteiger charge is 2.28. The monoisotopic (exact) mass is 248 g/mol. The molecule has 1 aromatic carbocycles. The van der Waals surface area contributed by atoms with Crippen molar-refractivity contribution in [1.82, 2.24) is 5.32 Å². The molecule has 1 heterocycles. The van der Waals surface area contributed by atoms with Crippen molar-refractivity contribution in [2.24, 2.45) is 0 Å². The molecule has 1 saturated carbocycles. The van der Waals surface area contributed by atoms with E-state index in [1.165, 1.54) is 12.8 Å². The molecule has 0 amide bonds. The van der Waals surface area contributed by atoms with Crippen LogP contribution in [0.3, 0.4) is 0 Å². The maximum atomic E-state index is 11.0. The van der Waals surface area contributed by atoms with E-state index in [2.05, 4.69) is 16.7 Å². The number of rotatable bonds is 3. The Kier molecular flexibility index (Phi) is 3.62. The summed E-state index contributed by atoms with van der Waals surface area (Å²) in [6, 6.07) is 6.04. The Hall–Kier alpha value is -1.88. The summed E-state index contributed by atoms with van der Waals surface area (Å²) in [5.74, 6) is -0.804. The molecular weight excluding hydrogens is 232 g/mol. The summed E-state index contributed by atoms with van der Waals surface area (Å²) in [5.41, 5.74) is 3.10. The molecule has 1 atom stereocenters. The third kappa shape index (κ3) is 2.51. The number of carbonyl (C=O) groups is 2. The van der Waals surface area contributed by atoms with Gasteiger partial charge < -0.3 is 15.2 Å². The number of fused-ring (bicyclic) bond motifs is 1. The van der Waals surface area contributed by atoms with Crippen LogP contribution in [0.25, 0.3) is 0 Å². The first kappa shape index (κ1) is 12.6. The minimum absolute atomic E-state index is 0.537. The molecule has 1 aromatic rings. The van der Waals surface area contributed by atoms with Gasteiger partial charge in [-0.2, -0.15) is 0 Å². The fourth-order valence-electron chi connectivity index (χ4n) is 2.14. The minimum atomic E-state index is -0.804. The van der Waals surface area contributed by atoms with Gasteiger partial charge in [0.1, 0.15) is 12.8 Å². The van der Waals surface area contributed by atoms with Crippen molar-refractivity contribution in [2.75, 3.05) is 5.32 Å². The largest absolute Gasteiger partial charge is 0.480 e. The van der Waals surface area contributed by atoms with Gasteiger partial charge in [-0.1, -0.05) is 6.07 Å². The molecular formula is C13H16N2O3. The molecule has 0 radical (unpaired) electrons. The van der Waals surface area contributed by atoms with Gasteiger partial charge >= 0.3 is 5.97 Å². The minimum Gasteiger partial charge on any atom is -0.480 e. The quantitative estimate of drug-likeness (QED) is 0.751. The zero-order valence-corrected chi connectivity index (χ0v) is 9.98. The van der Waals surface area contributed by atoms with E-state index in [4.69, 9.17) is 9.90 Å². The van der Waals surface area contributed by atoms with Crippen molar-refractivity contribution in [1.29, 1.82) is 0 Å². The first-order valence-corrected chi connectivity index (χ1v) is 5.88. The molecule has 3 N–H and O–H groups in total. The van der Waals surface area contributed by atoms with E-state index in [-0.39, 0.29) is 0 Å². The third-order valence-electron chi connectivity index (χ3n) is 3.15. The van der Waals surface area contributed by atoms with Crippen LogP contribution in [0.5, 0.6) is 0 Å². The fourth-order valence-corrected chi connectivity index (χ4v) is 2.14. The lowest BCUT2D eigenvalue weighted by Crippen LogP contribution is -2.21. The maximum Gasteiger partial charge on any atom is 0.325 e. The van der Waals surface area contributed by atoms with Crippen molar-refractivity contribution in [3.05, 3.63) is 29.3 Å². The molecule has 1 aliphatic carbocycles. The lowest BCUT2D eigenvalue weighted by Gasteiger charge is -2.08. The van der Waals surface area contributed by atoms with Crippen molar-refractivity contribution < 1.29 is 14.7 Å². The highest BCUT2D eigenvalue weighted by atomic mass is 16.4. The maximum absolute atomic E-state index is 11.0. The molecule has 96 valence electrons. The molecule has 3 rings (SSSR count). The standard InChI is InChI=1S/C12H14N2O2.CH2O/c15-12(16)11-10-4-3-9(14-8-1-2-8)5-7(10)6-13-11;1-2/h3-5,8,11,13-14H,1-2,6H2,(H,15,16);1H2. The number of benzene rings is 1. The Balaban J connectivity index is 0.000000574. The Morgan fingerprint density at radius 2 is 2.11 bits per heavy atom. The van der Waals surface area contributed by atoms with Crippen LogP contribution >= 0.6 is 0 Å². The van der Waals surface area contributed by atoms with Crippen LogP contribution in [-0.2, 0) is 16.1 Å². The molecule has 5 nitrogen and oxygen atoms in total. The highest BCUT2D eigenvalue weighted by Crippen LogP contribution is 2.30. The lowest BCUT2D eigenvalue weighted by atomic mass is 10.0. The second kappa shape index (κ2) is 5.18. The number of carbonyl (C=O) groups excluding carboxylic acids is 1. The van der Waals surface area contributed by atoms with E-state index in [0.29, 0.717) is 12.6 Å². The van der Waals surface area contributed by atoms with Gasteiger partial charge in [0.2, 0.25) is 0 Å². The molecule has 1 fully saturated rings. The van der Waals surface area contributed by atoms with Crippen LogP contribution in [0.15, 0.2) is 18.2 Å². The van der Waals surface area contributed by atoms with Crippen LogP contribution in [0.1, 0.15) is 30.0 Å². The number of aliphatic carboxylic acids is 1. The molecule has 1 unspecified atom stereocenters. The summed E-state index contributed by atoms with van der Waals surface area (Å²) in [7, 11) is 0. The number of hydrogen-bond acceptors (Lipinski definition) is 4. The molecule has 0 saturated heterocycles. The molecule has 5 heteroatoms. The van der Waals surface area contributed by atoms with Crippen molar-refractivity contribution in [3.8, 4) is 0 Å². The molecule has 0 spiro atoms. The van der Waals surface area contributed by atoms with Crippen molar-refractivity contribution in [2.45, 2.75) is 31.5 Å². The van der Waals surface area contributed by atoms with Crippen LogP contribution in [0.2, 0.25) is 0 Å². The van der Waals surface area contributed by atoms with Crippen LogP contribution < -0.4 is 10.6 Å². The van der Waals surface area contributed by atoms with Crippen LogP contribution in [0.4, 0.5) is 5.69 Å². The number of carboxylic acids is 1. The van der Waals surface area contributed by atoms with Crippen molar-refractivity contribution >= 4 is 18.4 Å². The Morgan fingerprint density at radius 1 is 1.39 bits per heavy atom. The van der Waals surface area contributed by atoms with Gasteiger partial charge in [-0.25, -0.2) is 0 Å². The fraction of sp³-hybridized carbons (Fsp3) is 0.385. The normalized spacial score (nSPS) is 20.6. The van der Waals surface area contributed by atoms with Gasteiger partial charge in [-0.05, 0) is 36.1 Å². The molecule has 0 aromatic heterocycles. The zero-order valence-electron chi connectivity index (χ0n) is 9.98. The van der Waals surface area contributed by atoms with Gasteiger partial charge in [0.15, 0.2) is 0 Å². The lowest BCUT2D eigenvalue weighted by molar-refractivity contribution is -0.139. The van der Waals surface area contributed by atoms with Crippen LogP contribution in [0, 0.1) is 0 Å². The van der Waals surface area contributed by atoms with E-state index in [0.717, 1.165) is 16.8 Å². The molecule has 0 bridgehead atoms. The number of anilines is 1. The van der Waals surface area contributed by atoms with Crippen LogP contribution in [-0.4, -0.2) is 23.9 Å². The smallest absolute Gasteiger partial charge is 0.325 e. The second-order valence-electron chi connectivity index (χ2n) is 4.48. The summed E-state index contributed by atoms with van der Waals surface area (Å²) in [6.07, 6.45) is 2.49. The summed E-state index contributed by atoms with van der Waals surface area (Å²) >= 11 is 0. The Morgan fingerprint density at radius 3 is 2.72 bits per heavy atom. The Bertz CT molecular complexity index is 458. The van der Waals surface area contributed by atoms with Gasteiger partial charge in [0.05, 0.1) is 0 Å². The van der Waals surface area contributed by atoms with E-state index in [1.54, 1.807) is 0 Å². The van der Waals surface area contributed by atoms with E-state index >= 15 is 0 Å². The summed E-state index contributed by atoms with van der Waals surface area (Å²) < 4.78 is 0. The predicted molar refractivity (Wildman–Crippen MR) is 67.4 cm³/mol. The molecule has 18 heavy (non-hydrogen) atoms. The van der Waals surface area contributed by atoms with E-state index in [1.807, 2.05) is 18.9 Å². The predicted octanol–water partition coefficient (Wildman–Crippen LogP) is 1.30. The number of hydrogen-bond donors (Lipinski definition) is 3. The summed E-state index contributed by atoms with van der Waals surface area (Å²) in [4.78, 5) is 19.0. The first-order valence-electron chi connectivity index (χ1n) is 5.88. The average Bonchev–Trinajstić information content (AvgIpc) is 3.08. The van der Waals surface area contributed by atoms with Crippen molar-refractivity contribution in [3.63, 3.8) is 0 Å². The van der Waals surface area contributed by atoms with Gasteiger partial charge in [-0.3, -0.25) is 10.1 Å². The second-order valence-corrected chi connectivity index (χ2v) is 4.48. The number of carboxylic acid groups (broad SMARTS) is 1. The first-order chi connectivity index (χ1) is 8.74. The SMILES string of the molecule is C=O.O=C(O)C1NCc2cc(NC3CC3)ccc21. The average molecular weight is 248 g/mol. The summed E-state index contributed by atoms with van der Waals surface area (Å²) in [6.45, 7) is 2.65. The highest BCUT2D eigenvalue weighted by molar-refractivity contribution is 5.77.